The summed E-state index contributed by atoms with van der Waals surface area (Å²) in [6.07, 6.45) is 3.41. The van der Waals surface area contributed by atoms with Gasteiger partial charge in [0.1, 0.15) is 5.78 Å². The summed E-state index contributed by atoms with van der Waals surface area (Å²) >= 11 is 0. The van der Waals surface area contributed by atoms with E-state index in [-0.39, 0.29) is 40.0 Å². The van der Waals surface area contributed by atoms with Crippen molar-refractivity contribution in [3.05, 3.63) is 24.3 Å². The number of anilines is 1. The minimum Gasteiger partial charge on any atom is -0.299 e. The third-order valence-electron chi connectivity index (χ3n) is 6.27. The van der Waals surface area contributed by atoms with Crippen LogP contribution in [0.4, 0.5) is 5.69 Å². The number of Topliss-reactive ketones (excluding diaryl/α,β-unsaturated/α-hetero) is 1. The van der Waals surface area contributed by atoms with Crippen LogP contribution in [0, 0.1) is 23.7 Å². The van der Waals surface area contributed by atoms with E-state index in [4.69, 9.17) is 0 Å². The van der Waals surface area contributed by atoms with E-state index >= 15 is 0 Å². The Hall–Kier alpha value is -2.06. The summed E-state index contributed by atoms with van der Waals surface area (Å²) in [5, 5.41) is 0. The van der Waals surface area contributed by atoms with Crippen LogP contribution < -0.4 is 9.62 Å². The number of sulfonamides is 1. The Morgan fingerprint density at radius 1 is 1.11 bits per heavy atom. The number of rotatable bonds is 6. The SMILES string of the molecule is CCCCNS(=O)(=O)c1cccc(N2C(=O)C3C4CCC(C(=O)C4)C3C2=O)c1. The fourth-order valence-electron chi connectivity index (χ4n) is 4.89. The van der Waals surface area contributed by atoms with Crippen molar-refractivity contribution >= 4 is 33.3 Å². The minimum atomic E-state index is -3.72. The van der Waals surface area contributed by atoms with Gasteiger partial charge in [-0.05, 0) is 43.4 Å². The summed E-state index contributed by atoms with van der Waals surface area (Å²) in [7, 11) is -3.72. The number of carbonyl (C=O) groups excluding carboxylic acids is 3. The second-order valence-corrected chi connectivity index (χ2v) is 9.69. The molecule has 1 saturated heterocycles. The van der Waals surface area contributed by atoms with Crippen LogP contribution in [0.5, 0.6) is 0 Å². The van der Waals surface area contributed by atoms with Crippen molar-refractivity contribution in [3.8, 4) is 0 Å². The lowest BCUT2D eigenvalue weighted by molar-refractivity contribution is -0.143. The maximum absolute atomic E-state index is 13.0. The van der Waals surface area contributed by atoms with Crippen molar-refractivity contribution in [3.63, 3.8) is 0 Å². The molecular formula is C20H24N2O5S. The molecule has 1 N–H and O–H groups in total. The lowest BCUT2D eigenvalue weighted by Gasteiger charge is -2.41. The molecular weight excluding hydrogens is 380 g/mol. The zero-order valence-electron chi connectivity index (χ0n) is 15.8. The summed E-state index contributed by atoms with van der Waals surface area (Å²) in [4.78, 5) is 39.5. The van der Waals surface area contributed by atoms with Crippen molar-refractivity contribution in [1.82, 2.24) is 4.72 Å². The first-order valence-electron chi connectivity index (χ1n) is 9.85. The maximum Gasteiger partial charge on any atom is 0.240 e. The summed E-state index contributed by atoms with van der Waals surface area (Å²) in [6, 6.07) is 5.92. The van der Waals surface area contributed by atoms with Gasteiger partial charge in [-0.15, -0.1) is 0 Å². The van der Waals surface area contributed by atoms with E-state index in [1.54, 1.807) is 6.07 Å². The Bertz CT molecular complexity index is 942. The minimum absolute atomic E-state index is 0.0237. The molecule has 4 atom stereocenters. The van der Waals surface area contributed by atoms with Gasteiger partial charge in [0.25, 0.3) is 0 Å². The van der Waals surface area contributed by atoms with E-state index in [0.717, 1.165) is 24.2 Å². The van der Waals surface area contributed by atoms with E-state index in [9.17, 15) is 22.8 Å². The summed E-state index contributed by atoms with van der Waals surface area (Å²) in [6.45, 7) is 2.30. The van der Waals surface area contributed by atoms with E-state index in [0.29, 0.717) is 19.4 Å². The molecule has 4 unspecified atom stereocenters. The van der Waals surface area contributed by atoms with Gasteiger partial charge in [0.15, 0.2) is 0 Å². The standard InChI is InChI=1S/C20H24N2O5S/c1-2-3-9-21-28(26,27)14-6-4-5-13(11-14)22-19(24)17-12-7-8-15(16(23)10-12)18(17)20(22)25/h4-6,11-12,15,17-18,21H,2-3,7-10H2,1H3. The van der Waals surface area contributed by atoms with E-state index in [1.807, 2.05) is 6.92 Å². The number of nitrogens with zero attached hydrogens (tertiary/aromatic N) is 1. The van der Waals surface area contributed by atoms with Crippen molar-refractivity contribution in [2.45, 2.75) is 43.9 Å². The molecule has 1 heterocycles. The van der Waals surface area contributed by atoms with Gasteiger partial charge in [-0.3, -0.25) is 14.4 Å². The highest BCUT2D eigenvalue weighted by atomic mass is 32.2. The summed E-state index contributed by atoms with van der Waals surface area (Å²) in [5.74, 6) is -2.08. The average molecular weight is 404 g/mol. The van der Waals surface area contributed by atoms with Crippen LogP contribution in [0.2, 0.25) is 0 Å². The number of hydrogen-bond acceptors (Lipinski definition) is 5. The Balaban J connectivity index is 1.64. The molecule has 8 heteroatoms. The van der Waals surface area contributed by atoms with E-state index in [2.05, 4.69) is 4.72 Å². The molecule has 4 aliphatic rings. The molecule has 2 bridgehead atoms. The highest BCUT2D eigenvalue weighted by molar-refractivity contribution is 7.89. The van der Waals surface area contributed by atoms with Crippen molar-refractivity contribution in [2.24, 2.45) is 23.7 Å². The van der Waals surface area contributed by atoms with Crippen LogP contribution in [0.25, 0.3) is 0 Å². The number of nitrogens with one attached hydrogen (secondary N) is 1. The number of ketones is 1. The second-order valence-electron chi connectivity index (χ2n) is 7.93. The van der Waals surface area contributed by atoms with Gasteiger partial charge < -0.3 is 0 Å². The van der Waals surface area contributed by atoms with Crippen LogP contribution in [0.1, 0.15) is 39.0 Å². The monoisotopic (exact) mass is 404 g/mol. The molecule has 28 heavy (non-hydrogen) atoms. The number of imide groups is 1. The first-order valence-corrected chi connectivity index (χ1v) is 11.3. The normalized spacial score (nSPS) is 29.5. The van der Waals surface area contributed by atoms with Crippen LogP contribution in [0.3, 0.4) is 0 Å². The van der Waals surface area contributed by atoms with Gasteiger partial charge in [0, 0.05) is 18.9 Å². The Morgan fingerprint density at radius 3 is 2.57 bits per heavy atom. The lowest BCUT2D eigenvalue weighted by atomic mass is 9.59. The number of hydrogen-bond donors (Lipinski definition) is 1. The topological polar surface area (TPSA) is 101 Å². The molecule has 2 amide bonds. The maximum atomic E-state index is 13.0. The Labute approximate surface area is 164 Å². The molecule has 3 saturated carbocycles. The molecule has 1 aliphatic heterocycles. The predicted octanol–water partition coefficient (Wildman–Crippen LogP) is 1.87. The summed E-state index contributed by atoms with van der Waals surface area (Å²) < 4.78 is 27.5. The van der Waals surface area contributed by atoms with Gasteiger partial charge in [0.05, 0.1) is 22.4 Å². The lowest BCUT2D eigenvalue weighted by Crippen LogP contribution is -2.46. The fraction of sp³-hybridized carbons (Fsp3) is 0.550. The largest absolute Gasteiger partial charge is 0.299 e. The second kappa shape index (κ2) is 7.08. The highest BCUT2D eigenvalue weighted by Gasteiger charge is 2.61. The number of carbonyl (C=O) groups is 3. The number of benzene rings is 1. The zero-order valence-corrected chi connectivity index (χ0v) is 16.6. The first-order chi connectivity index (χ1) is 13.3. The third kappa shape index (κ3) is 2.99. The molecule has 4 fully saturated rings. The molecule has 150 valence electrons. The molecule has 1 aromatic carbocycles. The van der Waals surface area contributed by atoms with Crippen molar-refractivity contribution < 1.29 is 22.8 Å². The molecule has 7 nitrogen and oxygen atoms in total. The van der Waals surface area contributed by atoms with Crippen LogP contribution in [-0.4, -0.2) is 32.6 Å². The molecule has 3 aliphatic carbocycles. The quantitative estimate of drug-likeness (QED) is 0.576. The van der Waals surface area contributed by atoms with E-state index in [1.165, 1.54) is 18.2 Å². The van der Waals surface area contributed by atoms with Crippen LogP contribution in [-0.2, 0) is 24.4 Å². The Kier molecular flexibility index (Phi) is 4.87. The van der Waals surface area contributed by atoms with Gasteiger partial charge >= 0.3 is 0 Å². The number of unbranched alkanes of at least 4 members (excludes halogenated alkanes) is 1. The molecule has 0 spiro atoms. The zero-order chi connectivity index (χ0) is 20.1. The van der Waals surface area contributed by atoms with Crippen LogP contribution in [0.15, 0.2) is 29.2 Å². The van der Waals surface area contributed by atoms with Gasteiger partial charge in [0.2, 0.25) is 21.8 Å². The van der Waals surface area contributed by atoms with Crippen molar-refractivity contribution in [1.29, 1.82) is 0 Å². The fourth-order valence-corrected chi connectivity index (χ4v) is 6.01. The third-order valence-corrected chi connectivity index (χ3v) is 7.73. The Morgan fingerprint density at radius 2 is 1.86 bits per heavy atom. The highest BCUT2D eigenvalue weighted by Crippen LogP contribution is 2.52. The number of fused-ring (bicyclic) bond motifs is 2. The molecule has 1 aromatic rings. The molecule has 0 aromatic heterocycles. The predicted molar refractivity (Wildman–Crippen MR) is 102 cm³/mol. The summed E-state index contributed by atoms with van der Waals surface area (Å²) in [5.41, 5.74) is 0.259. The molecule has 5 rings (SSSR count). The number of amides is 2. The average Bonchev–Trinajstić information content (AvgIpc) is 2.95. The van der Waals surface area contributed by atoms with Gasteiger partial charge in [-0.1, -0.05) is 19.4 Å². The van der Waals surface area contributed by atoms with Gasteiger partial charge in [-0.25, -0.2) is 18.0 Å². The molecule has 0 radical (unpaired) electrons. The van der Waals surface area contributed by atoms with Gasteiger partial charge in [-0.2, -0.15) is 0 Å². The van der Waals surface area contributed by atoms with Crippen molar-refractivity contribution in [2.75, 3.05) is 11.4 Å². The van der Waals surface area contributed by atoms with E-state index < -0.39 is 21.9 Å². The first kappa shape index (κ1) is 19.3. The smallest absolute Gasteiger partial charge is 0.240 e. The van der Waals surface area contributed by atoms with Crippen LogP contribution >= 0.6 is 0 Å².